The Bertz CT molecular complexity index is 425. The Balaban J connectivity index is 1.62. The van der Waals surface area contributed by atoms with E-state index in [1.165, 1.54) is 0 Å². The second-order valence-electron chi connectivity index (χ2n) is 6.32. The second-order valence-corrected chi connectivity index (χ2v) is 6.32. The summed E-state index contributed by atoms with van der Waals surface area (Å²) >= 11 is 0. The van der Waals surface area contributed by atoms with Crippen molar-refractivity contribution in [3.63, 3.8) is 0 Å². The van der Waals surface area contributed by atoms with Crippen LogP contribution in [-0.4, -0.2) is 93.7 Å². The quantitative estimate of drug-likeness (QED) is 0.540. The van der Waals surface area contributed by atoms with Crippen LogP contribution in [0.15, 0.2) is 0 Å². The summed E-state index contributed by atoms with van der Waals surface area (Å²) in [5.74, 6) is -0.00798. The highest BCUT2D eigenvalue weighted by Gasteiger charge is 2.38. The molecular formula is C17H30N2O6. The fraction of sp³-hybridized carbons (Fsp3) is 0.882. The summed E-state index contributed by atoms with van der Waals surface area (Å²) in [4.78, 5) is 27.8. The molecule has 8 heteroatoms. The zero-order chi connectivity index (χ0) is 18.1. The number of cyclic esters (lactones) is 1. The molecule has 1 unspecified atom stereocenters. The summed E-state index contributed by atoms with van der Waals surface area (Å²) in [6.45, 7) is 5.84. The Kier molecular flexibility index (Phi) is 8.43. The van der Waals surface area contributed by atoms with E-state index in [1.807, 2.05) is 9.80 Å². The zero-order valence-electron chi connectivity index (χ0n) is 15.3. The third-order valence-electron chi connectivity index (χ3n) is 4.71. The lowest BCUT2D eigenvalue weighted by Gasteiger charge is -2.37. The van der Waals surface area contributed by atoms with Crippen LogP contribution in [0.5, 0.6) is 0 Å². The van der Waals surface area contributed by atoms with Crippen LogP contribution in [0.1, 0.15) is 26.2 Å². The molecule has 0 aliphatic carbocycles. The van der Waals surface area contributed by atoms with Gasteiger partial charge in [-0.2, -0.15) is 0 Å². The van der Waals surface area contributed by atoms with Gasteiger partial charge in [-0.3, -0.25) is 9.69 Å². The van der Waals surface area contributed by atoms with E-state index in [0.717, 1.165) is 19.3 Å². The number of hydrogen-bond donors (Lipinski definition) is 0. The van der Waals surface area contributed by atoms with Crippen molar-refractivity contribution in [1.82, 2.24) is 9.80 Å². The number of likely N-dealkylation sites (tertiary alicyclic amines) is 1. The first-order chi connectivity index (χ1) is 12.2. The molecule has 144 valence electrons. The monoisotopic (exact) mass is 358 g/mol. The van der Waals surface area contributed by atoms with Gasteiger partial charge >= 0.3 is 6.09 Å². The molecule has 2 rings (SSSR count). The largest absolute Gasteiger partial charge is 0.447 e. The lowest BCUT2D eigenvalue weighted by Crippen LogP contribution is -2.50. The molecule has 8 nitrogen and oxygen atoms in total. The summed E-state index contributed by atoms with van der Waals surface area (Å²) in [6.07, 6.45) is 2.26. The first kappa shape index (κ1) is 19.9. The van der Waals surface area contributed by atoms with Crippen molar-refractivity contribution in [3.8, 4) is 0 Å². The lowest BCUT2D eigenvalue weighted by atomic mass is 10.0. The number of carbonyl (C=O) groups excluding carboxylic acids is 2. The van der Waals surface area contributed by atoms with Crippen LogP contribution in [0.25, 0.3) is 0 Å². The summed E-state index contributed by atoms with van der Waals surface area (Å²) in [5.41, 5.74) is 0. The maximum absolute atomic E-state index is 12.2. The topological polar surface area (TPSA) is 77.5 Å². The summed E-state index contributed by atoms with van der Waals surface area (Å²) < 4.78 is 20.7. The molecule has 0 spiro atoms. The van der Waals surface area contributed by atoms with Gasteiger partial charge in [-0.05, 0) is 19.3 Å². The fourth-order valence-corrected chi connectivity index (χ4v) is 3.24. The van der Waals surface area contributed by atoms with Crippen LogP contribution >= 0.6 is 0 Å². The lowest BCUT2D eigenvalue weighted by molar-refractivity contribution is -0.138. The van der Waals surface area contributed by atoms with E-state index in [-0.39, 0.29) is 30.7 Å². The standard InChI is InChI=1S/C17H30N2O6/c1-3-14-12-25-17(21)19(14)15-4-6-18(7-5-15)16(20)13-24-11-10-23-9-8-22-2/h14-15H,3-13H2,1-2H3. The highest BCUT2D eigenvalue weighted by atomic mass is 16.6. The molecule has 2 saturated heterocycles. The van der Waals surface area contributed by atoms with Gasteiger partial charge in [0.1, 0.15) is 13.2 Å². The third kappa shape index (κ3) is 5.83. The molecule has 2 heterocycles. The van der Waals surface area contributed by atoms with E-state index in [0.29, 0.717) is 46.1 Å². The Morgan fingerprint density at radius 3 is 2.52 bits per heavy atom. The molecule has 2 aliphatic rings. The van der Waals surface area contributed by atoms with Crippen molar-refractivity contribution >= 4 is 12.0 Å². The van der Waals surface area contributed by atoms with Crippen LogP contribution in [0, 0.1) is 0 Å². The molecule has 1 atom stereocenters. The summed E-state index contributed by atoms with van der Waals surface area (Å²) in [7, 11) is 1.62. The Hall–Kier alpha value is -1.38. The molecule has 2 fully saturated rings. The van der Waals surface area contributed by atoms with Crippen molar-refractivity contribution in [1.29, 1.82) is 0 Å². The van der Waals surface area contributed by atoms with Gasteiger partial charge in [0.05, 0.1) is 32.5 Å². The van der Waals surface area contributed by atoms with Crippen LogP contribution in [0.4, 0.5) is 4.79 Å². The highest BCUT2D eigenvalue weighted by Crippen LogP contribution is 2.25. The van der Waals surface area contributed by atoms with Crippen molar-refractivity contribution in [2.45, 2.75) is 38.3 Å². The molecule has 25 heavy (non-hydrogen) atoms. The molecule has 0 aromatic carbocycles. The van der Waals surface area contributed by atoms with E-state index in [9.17, 15) is 9.59 Å². The van der Waals surface area contributed by atoms with Crippen LogP contribution < -0.4 is 0 Å². The number of nitrogens with zero attached hydrogens (tertiary/aromatic N) is 2. The minimum absolute atomic E-state index is 0.00798. The minimum atomic E-state index is -0.214. The molecule has 2 aliphatic heterocycles. The molecule has 0 aromatic rings. The number of ether oxygens (including phenoxy) is 4. The summed E-state index contributed by atoms with van der Waals surface area (Å²) in [5, 5.41) is 0. The fourth-order valence-electron chi connectivity index (χ4n) is 3.24. The van der Waals surface area contributed by atoms with Gasteiger partial charge in [-0.25, -0.2) is 4.79 Å². The number of piperidine rings is 1. The molecular weight excluding hydrogens is 328 g/mol. The minimum Gasteiger partial charge on any atom is -0.447 e. The van der Waals surface area contributed by atoms with Gasteiger partial charge in [0.2, 0.25) is 5.91 Å². The van der Waals surface area contributed by atoms with Crippen molar-refractivity contribution in [2.24, 2.45) is 0 Å². The SMILES string of the molecule is CCC1COC(=O)N1C1CCN(C(=O)COCCOCCOC)CC1. The van der Waals surface area contributed by atoms with Gasteiger partial charge < -0.3 is 23.8 Å². The number of hydrogen-bond acceptors (Lipinski definition) is 6. The van der Waals surface area contributed by atoms with Gasteiger partial charge in [0.15, 0.2) is 0 Å². The van der Waals surface area contributed by atoms with Crippen LogP contribution in [0.3, 0.4) is 0 Å². The van der Waals surface area contributed by atoms with Crippen LogP contribution in [-0.2, 0) is 23.7 Å². The van der Waals surface area contributed by atoms with Crippen molar-refractivity contribution in [2.75, 3.05) is 59.8 Å². The zero-order valence-corrected chi connectivity index (χ0v) is 15.3. The summed E-state index contributed by atoms with van der Waals surface area (Å²) in [6, 6.07) is 0.334. The molecule has 0 N–H and O–H groups in total. The molecule has 0 saturated carbocycles. The molecule has 0 aromatic heterocycles. The molecule has 0 bridgehead atoms. The first-order valence-corrected chi connectivity index (χ1v) is 9.04. The number of rotatable bonds is 10. The third-order valence-corrected chi connectivity index (χ3v) is 4.71. The Labute approximate surface area is 149 Å². The highest BCUT2D eigenvalue weighted by molar-refractivity contribution is 5.77. The normalized spacial score (nSPS) is 21.7. The van der Waals surface area contributed by atoms with Crippen molar-refractivity contribution in [3.05, 3.63) is 0 Å². The second kappa shape index (κ2) is 10.6. The maximum Gasteiger partial charge on any atom is 0.410 e. The van der Waals surface area contributed by atoms with Gasteiger partial charge in [-0.15, -0.1) is 0 Å². The molecule has 2 amide bonds. The predicted molar refractivity (Wildman–Crippen MR) is 90.4 cm³/mol. The smallest absolute Gasteiger partial charge is 0.410 e. The van der Waals surface area contributed by atoms with E-state index in [2.05, 4.69) is 6.92 Å². The van der Waals surface area contributed by atoms with E-state index in [1.54, 1.807) is 7.11 Å². The first-order valence-electron chi connectivity index (χ1n) is 9.04. The van der Waals surface area contributed by atoms with Gasteiger partial charge in [0.25, 0.3) is 0 Å². The van der Waals surface area contributed by atoms with E-state index in [4.69, 9.17) is 18.9 Å². The average Bonchev–Trinajstić information content (AvgIpc) is 3.01. The number of carbonyl (C=O) groups is 2. The van der Waals surface area contributed by atoms with Gasteiger partial charge in [-0.1, -0.05) is 6.92 Å². The van der Waals surface area contributed by atoms with Crippen molar-refractivity contribution < 1.29 is 28.5 Å². The number of amides is 2. The van der Waals surface area contributed by atoms with E-state index >= 15 is 0 Å². The Morgan fingerprint density at radius 1 is 1.16 bits per heavy atom. The Morgan fingerprint density at radius 2 is 1.84 bits per heavy atom. The number of methoxy groups -OCH3 is 1. The maximum atomic E-state index is 12.2. The molecule has 0 radical (unpaired) electrons. The van der Waals surface area contributed by atoms with Crippen LogP contribution in [0.2, 0.25) is 0 Å². The average molecular weight is 358 g/mol. The van der Waals surface area contributed by atoms with E-state index < -0.39 is 0 Å². The predicted octanol–water partition coefficient (Wildman–Crippen LogP) is 0.888. The van der Waals surface area contributed by atoms with Gasteiger partial charge in [0, 0.05) is 26.2 Å².